The lowest BCUT2D eigenvalue weighted by atomic mass is 9.86. The van der Waals surface area contributed by atoms with Crippen LogP contribution in [0.3, 0.4) is 0 Å². The maximum atomic E-state index is 3.48. The lowest BCUT2D eigenvalue weighted by Gasteiger charge is -2.38. The molecular weight excluding hydrogens is 282 g/mol. The molecule has 0 aliphatic carbocycles. The van der Waals surface area contributed by atoms with Gasteiger partial charge in [-0.1, -0.05) is 58.9 Å². The number of likely N-dealkylation sites (N-methyl/N-ethyl adjacent to an activating group) is 1. The van der Waals surface area contributed by atoms with E-state index in [4.69, 9.17) is 0 Å². The zero-order valence-electron chi connectivity index (χ0n) is 15.7. The molecule has 1 N–H and O–H groups in total. The van der Waals surface area contributed by atoms with Gasteiger partial charge in [-0.25, -0.2) is 0 Å². The summed E-state index contributed by atoms with van der Waals surface area (Å²) in [5, 5.41) is 3.48. The van der Waals surface area contributed by atoms with E-state index in [-0.39, 0.29) is 5.41 Å². The zero-order valence-corrected chi connectivity index (χ0v) is 15.7. The second-order valence-corrected chi connectivity index (χ2v) is 7.66. The van der Waals surface area contributed by atoms with Gasteiger partial charge in [0.25, 0.3) is 0 Å². The zero-order chi connectivity index (χ0) is 16.9. The average molecular weight is 318 g/mol. The number of nitrogens with one attached hydrogen (secondary N) is 1. The minimum absolute atomic E-state index is 0.224. The summed E-state index contributed by atoms with van der Waals surface area (Å²) in [6.45, 7) is 19.3. The van der Waals surface area contributed by atoms with Gasteiger partial charge in [0.05, 0.1) is 0 Å². The third-order valence-electron chi connectivity index (χ3n) is 5.08. The Balaban J connectivity index is 2.21. The van der Waals surface area contributed by atoms with Gasteiger partial charge in [-0.05, 0) is 29.6 Å². The summed E-state index contributed by atoms with van der Waals surface area (Å²) < 4.78 is 0. The van der Waals surface area contributed by atoms with Crippen LogP contribution in [0.4, 0.5) is 0 Å². The predicted molar refractivity (Wildman–Crippen MR) is 100 cm³/mol. The van der Waals surface area contributed by atoms with Crippen molar-refractivity contribution < 1.29 is 0 Å². The summed E-state index contributed by atoms with van der Waals surface area (Å²) in [5.74, 6) is 0. The van der Waals surface area contributed by atoms with Crippen LogP contribution in [0.1, 0.15) is 51.8 Å². The van der Waals surface area contributed by atoms with Crippen LogP contribution in [-0.4, -0.2) is 55.6 Å². The first-order valence-electron chi connectivity index (χ1n) is 9.23. The molecule has 1 saturated heterocycles. The summed E-state index contributed by atoms with van der Waals surface area (Å²) in [5.41, 5.74) is 3.11. The average Bonchev–Trinajstić information content (AvgIpc) is 2.56. The van der Waals surface area contributed by atoms with Crippen molar-refractivity contribution in [3.8, 4) is 0 Å². The fraction of sp³-hybridized carbons (Fsp3) is 0.700. The molecule has 1 aliphatic heterocycles. The first kappa shape index (κ1) is 18.4. The van der Waals surface area contributed by atoms with Crippen molar-refractivity contribution in [3.05, 3.63) is 35.4 Å². The normalized spacial score (nSPS) is 18.3. The topological polar surface area (TPSA) is 18.5 Å². The monoisotopic (exact) mass is 317 g/mol. The van der Waals surface area contributed by atoms with E-state index < -0.39 is 0 Å². The molecule has 3 nitrogen and oxygen atoms in total. The summed E-state index contributed by atoms with van der Waals surface area (Å²) in [7, 11) is 0. The number of rotatable bonds is 6. The second-order valence-electron chi connectivity index (χ2n) is 7.66. The molecule has 0 aromatic heterocycles. The summed E-state index contributed by atoms with van der Waals surface area (Å²) in [6, 6.07) is 9.87. The molecule has 1 atom stereocenters. The number of benzene rings is 1. The van der Waals surface area contributed by atoms with Crippen LogP contribution >= 0.6 is 0 Å². The van der Waals surface area contributed by atoms with E-state index in [0.717, 1.165) is 45.8 Å². The van der Waals surface area contributed by atoms with Gasteiger partial charge in [-0.2, -0.15) is 0 Å². The maximum Gasteiger partial charge on any atom is 0.0476 e. The largest absolute Gasteiger partial charge is 0.314 e. The lowest BCUT2D eigenvalue weighted by molar-refractivity contribution is 0.129. The number of piperazine rings is 1. The highest BCUT2D eigenvalue weighted by Gasteiger charge is 2.24. The fourth-order valence-electron chi connectivity index (χ4n) is 3.36. The highest BCUT2D eigenvalue weighted by Crippen LogP contribution is 2.27. The van der Waals surface area contributed by atoms with Gasteiger partial charge in [-0.3, -0.25) is 4.90 Å². The molecule has 0 bridgehead atoms. The van der Waals surface area contributed by atoms with Crippen molar-refractivity contribution in [2.45, 2.75) is 46.1 Å². The Hall–Kier alpha value is -0.900. The van der Waals surface area contributed by atoms with Gasteiger partial charge in [0, 0.05) is 38.8 Å². The molecule has 0 spiro atoms. The Bertz CT molecular complexity index is 451. The molecule has 0 radical (unpaired) electrons. The van der Waals surface area contributed by atoms with Gasteiger partial charge < -0.3 is 10.2 Å². The highest BCUT2D eigenvalue weighted by molar-refractivity contribution is 5.29. The molecule has 23 heavy (non-hydrogen) atoms. The van der Waals surface area contributed by atoms with Crippen LogP contribution in [-0.2, 0) is 5.41 Å². The van der Waals surface area contributed by atoms with Crippen LogP contribution in [0.2, 0.25) is 0 Å². The molecule has 2 rings (SSSR count). The van der Waals surface area contributed by atoms with Crippen LogP contribution in [0.5, 0.6) is 0 Å². The van der Waals surface area contributed by atoms with Crippen LogP contribution in [0.15, 0.2) is 24.3 Å². The molecule has 0 amide bonds. The van der Waals surface area contributed by atoms with Crippen molar-refractivity contribution in [3.63, 3.8) is 0 Å². The van der Waals surface area contributed by atoms with E-state index in [1.807, 2.05) is 0 Å². The number of nitrogens with zero attached hydrogens (tertiary/aromatic N) is 2. The Morgan fingerprint density at radius 2 is 1.61 bits per heavy atom. The van der Waals surface area contributed by atoms with Gasteiger partial charge in [-0.15, -0.1) is 0 Å². The van der Waals surface area contributed by atoms with Crippen LogP contribution in [0, 0.1) is 0 Å². The summed E-state index contributed by atoms with van der Waals surface area (Å²) in [6.07, 6.45) is 0. The van der Waals surface area contributed by atoms with Crippen LogP contribution < -0.4 is 5.32 Å². The minimum atomic E-state index is 0.224. The van der Waals surface area contributed by atoms with Crippen molar-refractivity contribution in [2.24, 2.45) is 0 Å². The molecule has 130 valence electrons. The molecule has 1 fully saturated rings. The molecule has 1 unspecified atom stereocenters. The minimum Gasteiger partial charge on any atom is -0.314 e. The molecule has 3 heteroatoms. The Morgan fingerprint density at radius 3 is 2.09 bits per heavy atom. The van der Waals surface area contributed by atoms with Crippen molar-refractivity contribution >= 4 is 0 Å². The molecule has 1 aromatic carbocycles. The maximum absolute atomic E-state index is 3.48. The summed E-state index contributed by atoms with van der Waals surface area (Å²) >= 11 is 0. The van der Waals surface area contributed by atoms with Crippen molar-refractivity contribution in [1.29, 1.82) is 0 Å². The first-order chi connectivity index (χ1) is 11.0. The van der Waals surface area contributed by atoms with E-state index >= 15 is 0 Å². The third kappa shape index (κ3) is 5.03. The second kappa shape index (κ2) is 8.27. The molecule has 1 heterocycles. The highest BCUT2D eigenvalue weighted by atomic mass is 15.2. The van der Waals surface area contributed by atoms with E-state index in [9.17, 15) is 0 Å². The molecule has 1 aromatic rings. The number of hydrogen-bond donors (Lipinski definition) is 1. The van der Waals surface area contributed by atoms with Gasteiger partial charge in [0.15, 0.2) is 0 Å². The van der Waals surface area contributed by atoms with E-state index in [0.29, 0.717) is 6.04 Å². The van der Waals surface area contributed by atoms with Crippen LogP contribution in [0.25, 0.3) is 0 Å². The van der Waals surface area contributed by atoms with E-state index in [1.54, 1.807) is 0 Å². The predicted octanol–water partition coefficient (Wildman–Crippen LogP) is 3.27. The van der Waals surface area contributed by atoms with E-state index in [1.165, 1.54) is 11.1 Å². The van der Waals surface area contributed by atoms with Gasteiger partial charge in [0.2, 0.25) is 0 Å². The first-order valence-corrected chi connectivity index (χ1v) is 9.23. The van der Waals surface area contributed by atoms with Gasteiger partial charge >= 0.3 is 0 Å². The van der Waals surface area contributed by atoms with Gasteiger partial charge in [0.1, 0.15) is 0 Å². The fourth-order valence-corrected chi connectivity index (χ4v) is 3.36. The molecule has 1 aliphatic rings. The standard InChI is InChI=1S/C20H35N3/c1-6-22(7-2)16-19(23-14-12-21-13-15-23)17-8-10-18(11-9-17)20(3,4)5/h8-11,19,21H,6-7,12-16H2,1-5H3. The summed E-state index contributed by atoms with van der Waals surface area (Å²) in [4.78, 5) is 5.20. The Kier molecular flexibility index (Phi) is 6.63. The third-order valence-corrected chi connectivity index (χ3v) is 5.08. The lowest BCUT2D eigenvalue weighted by Crippen LogP contribution is -2.48. The SMILES string of the molecule is CCN(CC)CC(c1ccc(C(C)(C)C)cc1)N1CCNCC1. The quantitative estimate of drug-likeness (QED) is 0.869. The number of hydrogen-bond acceptors (Lipinski definition) is 3. The van der Waals surface area contributed by atoms with Crippen molar-refractivity contribution in [2.75, 3.05) is 45.8 Å². The Morgan fingerprint density at radius 1 is 1.04 bits per heavy atom. The van der Waals surface area contributed by atoms with Crippen molar-refractivity contribution in [1.82, 2.24) is 15.1 Å². The molecule has 0 saturated carbocycles. The Labute approximate surface area is 143 Å². The van der Waals surface area contributed by atoms with E-state index in [2.05, 4.69) is 74.0 Å². The smallest absolute Gasteiger partial charge is 0.0476 e. The molecular formula is C20H35N3.